The van der Waals surface area contributed by atoms with Gasteiger partial charge in [0.1, 0.15) is 0 Å². The molecular formula is C17H20N2O6S2. The van der Waals surface area contributed by atoms with E-state index in [0.717, 1.165) is 4.88 Å². The number of nitrogens with zero attached hydrogens (tertiary/aromatic N) is 1. The average Bonchev–Trinajstić information content (AvgIpc) is 3.18. The second-order valence-corrected chi connectivity index (χ2v) is 8.35. The summed E-state index contributed by atoms with van der Waals surface area (Å²) in [5, 5.41) is 4.61. The minimum atomic E-state index is -3.88. The minimum absolute atomic E-state index is 0.0203. The predicted octanol–water partition coefficient (Wildman–Crippen LogP) is 1.45. The molecule has 0 atom stereocenters. The molecule has 2 rings (SSSR count). The highest BCUT2D eigenvalue weighted by Gasteiger charge is 2.22. The third-order valence-electron chi connectivity index (χ3n) is 3.57. The van der Waals surface area contributed by atoms with Gasteiger partial charge in [-0.1, -0.05) is 16.6 Å². The maximum absolute atomic E-state index is 12.2. The van der Waals surface area contributed by atoms with E-state index in [0.29, 0.717) is 17.4 Å². The van der Waals surface area contributed by atoms with Gasteiger partial charge in [0.2, 0.25) is 0 Å². The fourth-order valence-electron chi connectivity index (χ4n) is 2.08. The molecule has 10 heteroatoms. The van der Waals surface area contributed by atoms with E-state index in [4.69, 9.17) is 4.74 Å². The van der Waals surface area contributed by atoms with Gasteiger partial charge in [0.25, 0.3) is 15.9 Å². The zero-order valence-corrected chi connectivity index (χ0v) is 16.5. The van der Waals surface area contributed by atoms with Crippen molar-refractivity contribution in [2.75, 3.05) is 27.3 Å². The Morgan fingerprint density at radius 2 is 2.00 bits per heavy atom. The normalized spacial score (nSPS) is 11.4. The van der Waals surface area contributed by atoms with E-state index in [2.05, 4.69) is 10.2 Å². The molecule has 27 heavy (non-hydrogen) atoms. The van der Waals surface area contributed by atoms with Crippen LogP contribution in [0.15, 0.2) is 46.7 Å². The predicted molar refractivity (Wildman–Crippen MR) is 99.7 cm³/mol. The van der Waals surface area contributed by atoms with E-state index >= 15 is 0 Å². The smallest absolute Gasteiger partial charge is 0.338 e. The molecule has 0 radical (unpaired) electrons. The van der Waals surface area contributed by atoms with Gasteiger partial charge in [-0.2, -0.15) is 0 Å². The van der Waals surface area contributed by atoms with Crippen LogP contribution in [0.5, 0.6) is 0 Å². The minimum Gasteiger partial charge on any atom is -0.452 e. The monoisotopic (exact) mass is 412 g/mol. The van der Waals surface area contributed by atoms with Crippen LogP contribution in [0.3, 0.4) is 0 Å². The molecule has 146 valence electrons. The summed E-state index contributed by atoms with van der Waals surface area (Å²) >= 11 is 1.60. The molecular weight excluding hydrogens is 392 g/mol. The zero-order valence-electron chi connectivity index (χ0n) is 14.9. The fraction of sp³-hybridized carbons (Fsp3) is 0.294. The van der Waals surface area contributed by atoms with Crippen molar-refractivity contribution in [3.05, 3.63) is 52.2 Å². The largest absolute Gasteiger partial charge is 0.452 e. The number of hydroxylamine groups is 1. The third kappa shape index (κ3) is 5.86. The second-order valence-electron chi connectivity index (χ2n) is 5.38. The highest BCUT2D eigenvalue weighted by atomic mass is 32.2. The van der Waals surface area contributed by atoms with Gasteiger partial charge in [-0.25, -0.2) is 13.2 Å². The van der Waals surface area contributed by atoms with Crippen molar-refractivity contribution >= 4 is 33.2 Å². The number of rotatable bonds is 9. The zero-order chi connectivity index (χ0) is 19.9. The summed E-state index contributed by atoms with van der Waals surface area (Å²) in [7, 11) is -1.43. The second kappa shape index (κ2) is 9.60. The Bertz CT molecular complexity index is 881. The van der Waals surface area contributed by atoms with Gasteiger partial charge in [0.15, 0.2) is 6.61 Å². The Morgan fingerprint density at radius 1 is 1.22 bits per heavy atom. The third-order valence-corrected chi connectivity index (χ3v) is 6.18. The summed E-state index contributed by atoms with van der Waals surface area (Å²) in [6, 6.07) is 9.22. The van der Waals surface area contributed by atoms with Crippen LogP contribution in [0, 0.1) is 0 Å². The lowest BCUT2D eigenvalue weighted by atomic mass is 10.2. The van der Waals surface area contributed by atoms with Crippen LogP contribution in [0.2, 0.25) is 0 Å². The number of hydrogen-bond donors (Lipinski definition) is 1. The topological polar surface area (TPSA) is 102 Å². The van der Waals surface area contributed by atoms with Crippen molar-refractivity contribution < 1.29 is 27.6 Å². The molecule has 0 saturated carbocycles. The van der Waals surface area contributed by atoms with Crippen LogP contribution >= 0.6 is 11.3 Å². The molecule has 0 saturated heterocycles. The molecule has 0 aliphatic rings. The van der Waals surface area contributed by atoms with Gasteiger partial charge in [0.05, 0.1) is 17.6 Å². The van der Waals surface area contributed by atoms with E-state index < -0.39 is 28.5 Å². The van der Waals surface area contributed by atoms with Gasteiger partial charge in [0, 0.05) is 18.5 Å². The molecule has 1 N–H and O–H groups in total. The first-order chi connectivity index (χ1) is 12.8. The molecule has 0 fully saturated rings. The summed E-state index contributed by atoms with van der Waals surface area (Å²) < 4.78 is 30.0. The molecule has 1 heterocycles. The Balaban J connectivity index is 1.88. The quantitative estimate of drug-likeness (QED) is 0.494. The first-order valence-electron chi connectivity index (χ1n) is 7.94. The van der Waals surface area contributed by atoms with E-state index in [9.17, 15) is 18.0 Å². The number of carbonyl (C=O) groups is 2. The van der Waals surface area contributed by atoms with Crippen LogP contribution in [0.4, 0.5) is 0 Å². The van der Waals surface area contributed by atoms with Crippen molar-refractivity contribution in [3.8, 4) is 0 Å². The fourth-order valence-corrected chi connectivity index (χ4v) is 3.80. The molecule has 2 aromatic rings. The molecule has 1 aromatic carbocycles. The summed E-state index contributed by atoms with van der Waals surface area (Å²) in [5.74, 6) is -1.22. The number of sulfonamides is 1. The molecule has 0 aliphatic carbocycles. The number of esters is 1. The Labute approximate surface area is 161 Å². The van der Waals surface area contributed by atoms with Crippen LogP contribution < -0.4 is 5.32 Å². The molecule has 0 aliphatic heterocycles. The first-order valence-corrected chi connectivity index (χ1v) is 10.3. The number of thiophene rings is 1. The lowest BCUT2D eigenvalue weighted by Crippen LogP contribution is -2.30. The number of ether oxygens (including phenoxy) is 1. The number of amides is 1. The summed E-state index contributed by atoms with van der Waals surface area (Å²) in [4.78, 5) is 29.6. The molecule has 0 bridgehead atoms. The highest BCUT2D eigenvalue weighted by Crippen LogP contribution is 2.16. The van der Waals surface area contributed by atoms with E-state index in [1.165, 1.54) is 38.4 Å². The van der Waals surface area contributed by atoms with Gasteiger partial charge in [-0.05, 0) is 36.1 Å². The number of carbonyl (C=O) groups excluding carboxylic acids is 2. The Morgan fingerprint density at radius 3 is 2.67 bits per heavy atom. The molecule has 1 aromatic heterocycles. The lowest BCUT2D eigenvalue weighted by molar-refractivity contribution is -0.124. The van der Waals surface area contributed by atoms with E-state index in [1.54, 1.807) is 11.3 Å². The lowest BCUT2D eigenvalue weighted by Gasteiger charge is -2.14. The van der Waals surface area contributed by atoms with Gasteiger partial charge in [-0.3, -0.25) is 9.63 Å². The van der Waals surface area contributed by atoms with Crippen molar-refractivity contribution in [2.45, 2.75) is 11.3 Å². The Hall–Kier alpha value is -2.27. The maximum atomic E-state index is 12.2. The van der Waals surface area contributed by atoms with Crippen LogP contribution in [0.25, 0.3) is 0 Å². The highest BCUT2D eigenvalue weighted by molar-refractivity contribution is 7.89. The number of nitrogens with one attached hydrogen (secondary N) is 1. The van der Waals surface area contributed by atoms with Gasteiger partial charge < -0.3 is 10.1 Å². The molecule has 1 amide bonds. The average molecular weight is 412 g/mol. The standard InChI is InChI=1S/C17H20N2O6S2/c1-19(24-2)27(22,23)15-7-3-5-13(11-15)17(21)25-12-16(20)18-9-8-14-6-4-10-26-14/h3-7,10-11H,8-9,12H2,1-2H3,(H,18,20). The number of hydrogen-bond acceptors (Lipinski definition) is 7. The van der Waals surface area contributed by atoms with Crippen molar-refractivity contribution in [1.82, 2.24) is 9.79 Å². The first kappa shape index (κ1) is 21.0. The van der Waals surface area contributed by atoms with Crippen LogP contribution in [0.1, 0.15) is 15.2 Å². The van der Waals surface area contributed by atoms with E-state index in [1.807, 2.05) is 17.5 Å². The summed E-state index contributed by atoms with van der Waals surface area (Å²) in [6.07, 6.45) is 0.699. The van der Waals surface area contributed by atoms with Gasteiger partial charge >= 0.3 is 5.97 Å². The molecule has 8 nitrogen and oxygen atoms in total. The van der Waals surface area contributed by atoms with Crippen molar-refractivity contribution in [3.63, 3.8) is 0 Å². The Kier molecular flexibility index (Phi) is 7.48. The summed E-state index contributed by atoms with van der Waals surface area (Å²) in [6.45, 7) is -0.00773. The van der Waals surface area contributed by atoms with Crippen molar-refractivity contribution in [2.24, 2.45) is 0 Å². The van der Waals surface area contributed by atoms with Gasteiger partial charge in [-0.15, -0.1) is 11.3 Å². The number of benzene rings is 1. The SMILES string of the molecule is CON(C)S(=O)(=O)c1cccc(C(=O)OCC(=O)NCCc2cccs2)c1. The van der Waals surface area contributed by atoms with E-state index in [-0.39, 0.29) is 10.5 Å². The van der Waals surface area contributed by atoms with Crippen molar-refractivity contribution in [1.29, 1.82) is 0 Å². The summed E-state index contributed by atoms with van der Waals surface area (Å²) in [5.41, 5.74) is 0.0203. The molecule has 0 spiro atoms. The maximum Gasteiger partial charge on any atom is 0.338 e. The molecule has 0 unspecified atom stereocenters. The van der Waals surface area contributed by atoms with Crippen LogP contribution in [-0.2, 0) is 30.8 Å². The van der Waals surface area contributed by atoms with Crippen LogP contribution in [-0.4, -0.2) is 52.1 Å².